The van der Waals surface area contributed by atoms with E-state index in [1.165, 1.54) is 7.11 Å². The molecule has 112 valence electrons. The molecule has 0 fully saturated rings. The third kappa shape index (κ3) is 5.00. The van der Waals surface area contributed by atoms with Crippen LogP contribution < -0.4 is 5.32 Å². The molecule has 1 rings (SSSR count). The third-order valence-electron chi connectivity index (χ3n) is 3.16. The second-order valence-corrected chi connectivity index (χ2v) is 6.26. The van der Waals surface area contributed by atoms with Crippen LogP contribution >= 0.6 is 23.4 Å². The van der Waals surface area contributed by atoms with Crippen molar-refractivity contribution in [2.45, 2.75) is 31.6 Å². The molecule has 0 aromatic heterocycles. The molecule has 1 aromatic carbocycles. The molecule has 0 aliphatic carbocycles. The maximum atomic E-state index is 11.8. The highest BCUT2D eigenvalue weighted by Crippen LogP contribution is 2.23. The van der Waals surface area contributed by atoms with Crippen molar-refractivity contribution >= 4 is 29.3 Å². The number of rotatable bonds is 8. The van der Waals surface area contributed by atoms with Crippen molar-refractivity contribution in [3.05, 3.63) is 34.9 Å². The van der Waals surface area contributed by atoms with Gasteiger partial charge < -0.3 is 10.1 Å². The van der Waals surface area contributed by atoms with E-state index in [0.29, 0.717) is 0 Å². The van der Waals surface area contributed by atoms with Crippen LogP contribution in [0, 0.1) is 0 Å². The van der Waals surface area contributed by atoms with Gasteiger partial charge in [0.2, 0.25) is 0 Å². The van der Waals surface area contributed by atoms with E-state index in [9.17, 15) is 4.79 Å². The van der Waals surface area contributed by atoms with Gasteiger partial charge in [-0.2, -0.15) is 11.8 Å². The Balaban J connectivity index is 2.45. The lowest BCUT2D eigenvalue weighted by atomic mass is 9.99. The zero-order chi connectivity index (χ0) is 15.0. The van der Waals surface area contributed by atoms with E-state index in [1.807, 2.05) is 38.1 Å². The molecule has 1 N–H and O–H groups in total. The van der Waals surface area contributed by atoms with Crippen LogP contribution in [0.5, 0.6) is 0 Å². The Morgan fingerprint density at radius 3 is 2.75 bits per heavy atom. The lowest BCUT2D eigenvalue weighted by molar-refractivity contribution is -0.147. The molecule has 1 atom stereocenters. The van der Waals surface area contributed by atoms with Crippen LogP contribution in [0.3, 0.4) is 0 Å². The third-order valence-corrected chi connectivity index (χ3v) is 4.54. The summed E-state index contributed by atoms with van der Waals surface area (Å²) in [5, 5.41) is 4.00. The van der Waals surface area contributed by atoms with Crippen molar-refractivity contribution in [3.8, 4) is 0 Å². The number of carbonyl (C=O) groups is 1. The topological polar surface area (TPSA) is 38.3 Å². The van der Waals surface area contributed by atoms with Crippen LogP contribution in [-0.2, 0) is 15.3 Å². The highest BCUT2D eigenvalue weighted by molar-refractivity contribution is 7.98. The summed E-state index contributed by atoms with van der Waals surface area (Å²) in [6.07, 6.45) is 0.725. The first-order valence-corrected chi connectivity index (χ1v) is 8.21. The van der Waals surface area contributed by atoms with Gasteiger partial charge in [0, 0.05) is 10.8 Å². The van der Waals surface area contributed by atoms with Crippen molar-refractivity contribution in [1.29, 1.82) is 0 Å². The molecule has 0 heterocycles. The Morgan fingerprint density at radius 1 is 1.45 bits per heavy atom. The van der Waals surface area contributed by atoms with E-state index in [2.05, 4.69) is 5.32 Å². The number of ether oxygens (including phenoxy) is 1. The first-order valence-electron chi connectivity index (χ1n) is 6.68. The first-order chi connectivity index (χ1) is 9.53. The molecule has 0 saturated carbocycles. The second kappa shape index (κ2) is 8.55. The zero-order valence-electron chi connectivity index (χ0n) is 12.2. The summed E-state index contributed by atoms with van der Waals surface area (Å²) in [5.41, 5.74) is 0.513. The van der Waals surface area contributed by atoms with Gasteiger partial charge in [-0.1, -0.05) is 36.7 Å². The van der Waals surface area contributed by atoms with Crippen molar-refractivity contribution in [3.63, 3.8) is 0 Å². The van der Waals surface area contributed by atoms with Gasteiger partial charge in [0.05, 0.1) is 7.11 Å². The summed E-state index contributed by atoms with van der Waals surface area (Å²) in [5.74, 6) is 1.50. The molecule has 5 heteroatoms. The molecule has 0 amide bonds. The Kier molecular flexibility index (Phi) is 7.41. The predicted molar refractivity (Wildman–Crippen MR) is 86.3 cm³/mol. The highest BCUT2D eigenvalue weighted by Gasteiger charge is 2.32. The fourth-order valence-corrected chi connectivity index (χ4v) is 3.40. The van der Waals surface area contributed by atoms with Crippen LogP contribution in [-0.4, -0.2) is 30.9 Å². The maximum absolute atomic E-state index is 11.8. The SMILES string of the molecule is CCNC(C)(CCSCc1ccccc1Cl)C(=O)OC. The van der Waals surface area contributed by atoms with E-state index in [1.54, 1.807) is 11.8 Å². The van der Waals surface area contributed by atoms with Gasteiger partial charge in [-0.3, -0.25) is 4.79 Å². The number of hydrogen-bond donors (Lipinski definition) is 1. The normalized spacial score (nSPS) is 13.8. The Bertz CT molecular complexity index is 442. The van der Waals surface area contributed by atoms with Crippen LogP contribution in [0.4, 0.5) is 0 Å². The van der Waals surface area contributed by atoms with Crippen LogP contribution in [0.15, 0.2) is 24.3 Å². The molecule has 0 aliphatic rings. The summed E-state index contributed by atoms with van der Waals surface area (Å²) < 4.78 is 4.87. The van der Waals surface area contributed by atoms with Gasteiger partial charge in [0.15, 0.2) is 0 Å². The van der Waals surface area contributed by atoms with Crippen molar-refractivity contribution in [1.82, 2.24) is 5.32 Å². The fraction of sp³-hybridized carbons (Fsp3) is 0.533. The minimum Gasteiger partial charge on any atom is -0.468 e. The lowest BCUT2D eigenvalue weighted by Crippen LogP contribution is -2.50. The van der Waals surface area contributed by atoms with Crippen molar-refractivity contribution < 1.29 is 9.53 Å². The zero-order valence-corrected chi connectivity index (χ0v) is 13.8. The number of hydrogen-bond acceptors (Lipinski definition) is 4. The smallest absolute Gasteiger partial charge is 0.325 e. The average molecular weight is 316 g/mol. The van der Waals surface area contributed by atoms with E-state index >= 15 is 0 Å². The number of likely N-dealkylation sites (N-methyl/N-ethyl adjacent to an activating group) is 1. The average Bonchev–Trinajstić information content (AvgIpc) is 2.44. The van der Waals surface area contributed by atoms with Gasteiger partial charge in [-0.05, 0) is 37.3 Å². The van der Waals surface area contributed by atoms with Gasteiger partial charge in [0.1, 0.15) is 5.54 Å². The molecule has 3 nitrogen and oxygen atoms in total. The number of esters is 1. The summed E-state index contributed by atoms with van der Waals surface area (Å²) in [6.45, 7) is 4.61. The molecule has 0 saturated heterocycles. The number of methoxy groups -OCH3 is 1. The maximum Gasteiger partial charge on any atom is 0.325 e. The quantitative estimate of drug-likeness (QED) is 0.588. The number of benzene rings is 1. The predicted octanol–water partition coefficient (Wildman–Crippen LogP) is 3.50. The Morgan fingerprint density at radius 2 is 2.15 bits per heavy atom. The van der Waals surface area contributed by atoms with Crippen LogP contribution in [0.25, 0.3) is 0 Å². The first kappa shape index (κ1) is 17.3. The molecular formula is C15H22ClNO2S. The second-order valence-electron chi connectivity index (χ2n) is 4.75. The monoisotopic (exact) mass is 315 g/mol. The van der Waals surface area contributed by atoms with E-state index in [4.69, 9.17) is 16.3 Å². The lowest BCUT2D eigenvalue weighted by Gasteiger charge is -2.27. The van der Waals surface area contributed by atoms with E-state index in [0.717, 1.165) is 35.1 Å². The van der Waals surface area contributed by atoms with Gasteiger partial charge in [-0.15, -0.1) is 0 Å². The summed E-state index contributed by atoms with van der Waals surface area (Å²) in [7, 11) is 1.43. The molecule has 0 radical (unpaired) electrons. The molecule has 20 heavy (non-hydrogen) atoms. The van der Waals surface area contributed by atoms with Crippen molar-refractivity contribution in [2.24, 2.45) is 0 Å². The minimum absolute atomic E-state index is 0.210. The number of carbonyl (C=O) groups excluding carboxylic acids is 1. The molecule has 1 aromatic rings. The fourth-order valence-electron chi connectivity index (χ4n) is 1.95. The van der Waals surface area contributed by atoms with Gasteiger partial charge >= 0.3 is 5.97 Å². The Labute approximate surface area is 130 Å². The number of nitrogens with one attached hydrogen (secondary N) is 1. The number of thioether (sulfide) groups is 1. The number of halogens is 1. The molecule has 0 spiro atoms. The van der Waals surface area contributed by atoms with Gasteiger partial charge in [0.25, 0.3) is 0 Å². The van der Waals surface area contributed by atoms with Crippen molar-refractivity contribution in [2.75, 3.05) is 19.4 Å². The summed E-state index contributed by atoms with van der Waals surface area (Å²) in [4.78, 5) is 11.8. The molecule has 0 bridgehead atoms. The van der Waals surface area contributed by atoms with Crippen LogP contribution in [0.1, 0.15) is 25.8 Å². The largest absolute Gasteiger partial charge is 0.468 e. The Hall–Kier alpha value is -0.710. The molecular weight excluding hydrogens is 294 g/mol. The molecule has 0 aliphatic heterocycles. The van der Waals surface area contributed by atoms with Crippen LogP contribution in [0.2, 0.25) is 5.02 Å². The standard InChI is InChI=1S/C15H22ClNO2S/c1-4-17-15(2,14(18)19-3)9-10-20-11-12-7-5-6-8-13(12)16/h5-8,17H,4,9-11H2,1-3H3. The van der Waals surface area contributed by atoms with E-state index < -0.39 is 5.54 Å². The minimum atomic E-state index is -0.614. The summed E-state index contributed by atoms with van der Waals surface area (Å²) >= 11 is 7.88. The van der Waals surface area contributed by atoms with E-state index in [-0.39, 0.29) is 5.97 Å². The highest BCUT2D eigenvalue weighted by atomic mass is 35.5. The summed E-state index contributed by atoms with van der Waals surface area (Å²) in [6, 6.07) is 7.84. The molecule has 1 unspecified atom stereocenters. The van der Waals surface area contributed by atoms with Gasteiger partial charge in [-0.25, -0.2) is 0 Å².